The number of hydrogen-bond donors (Lipinski definition) is 2. The molecule has 0 unspecified atom stereocenters. The molecule has 0 aliphatic heterocycles. The van der Waals surface area contributed by atoms with Gasteiger partial charge in [-0.3, -0.25) is 4.79 Å². The van der Waals surface area contributed by atoms with Gasteiger partial charge in [-0.05, 0) is 6.07 Å². The standard InChI is InChI=1S/C9H14N2O2S/c1-13-3-2-11-5-8-4-7(6-14-8)9(10)12/h4,6,11H,2-3,5H2,1H3,(H2,10,12). The fourth-order valence-corrected chi connectivity index (χ4v) is 1.83. The lowest BCUT2D eigenvalue weighted by atomic mass is 10.3. The number of nitrogens with one attached hydrogen (secondary N) is 1. The van der Waals surface area contributed by atoms with Crippen molar-refractivity contribution in [2.75, 3.05) is 20.3 Å². The van der Waals surface area contributed by atoms with E-state index < -0.39 is 0 Å². The molecule has 1 rings (SSSR count). The van der Waals surface area contributed by atoms with Crippen LogP contribution in [0.4, 0.5) is 0 Å². The quantitative estimate of drug-likeness (QED) is 0.681. The Kier molecular flexibility index (Phi) is 4.58. The van der Waals surface area contributed by atoms with Gasteiger partial charge in [0.15, 0.2) is 0 Å². The maximum atomic E-state index is 10.8. The van der Waals surface area contributed by atoms with Crippen molar-refractivity contribution < 1.29 is 9.53 Å². The molecule has 0 spiro atoms. The highest BCUT2D eigenvalue weighted by molar-refractivity contribution is 7.10. The second kappa shape index (κ2) is 5.74. The van der Waals surface area contributed by atoms with Gasteiger partial charge in [0.2, 0.25) is 5.91 Å². The zero-order valence-electron chi connectivity index (χ0n) is 8.08. The highest BCUT2D eigenvalue weighted by Gasteiger charge is 2.03. The lowest BCUT2D eigenvalue weighted by Crippen LogP contribution is -2.17. The fraction of sp³-hybridized carbons (Fsp3) is 0.444. The van der Waals surface area contributed by atoms with Crippen LogP contribution in [0.25, 0.3) is 0 Å². The largest absolute Gasteiger partial charge is 0.383 e. The van der Waals surface area contributed by atoms with E-state index in [1.54, 1.807) is 12.5 Å². The van der Waals surface area contributed by atoms with Crippen LogP contribution in [0.5, 0.6) is 0 Å². The lowest BCUT2D eigenvalue weighted by Gasteiger charge is -2.00. The van der Waals surface area contributed by atoms with Gasteiger partial charge in [-0.15, -0.1) is 11.3 Å². The fourth-order valence-electron chi connectivity index (χ4n) is 0.988. The Morgan fingerprint density at radius 1 is 1.71 bits per heavy atom. The Bertz CT molecular complexity index is 299. The second-order valence-corrected chi connectivity index (χ2v) is 3.83. The monoisotopic (exact) mass is 214 g/mol. The molecular formula is C9H14N2O2S. The highest BCUT2D eigenvalue weighted by Crippen LogP contribution is 2.13. The van der Waals surface area contributed by atoms with Crippen molar-refractivity contribution in [2.45, 2.75) is 6.54 Å². The predicted octanol–water partition coefficient (Wildman–Crippen LogP) is 0.583. The van der Waals surface area contributed by atoms with Crippen molar-refractivity contribution in [3.63, 3.8) is 0 Å². The van der Waals surface area contributed by atoms with Crippen molar-refractivity contribution in [3.05, 3.63) is 21.9 Å². The van der Waals surface area contributed by atoms with Gasteiger partial charge in [0.25, 0.3) is 0 Å². The van der Waals surface area contributed by atoms with Crippen LogP contribution in [-0.2, 0) is 11.3 Å². The lowest BCUT2D eigenvalue weighted by molar-refractivity contribution is 0.100. The van der Waals surface area contributed by atoms with E-state index in [1.165, 1.54) is 11.3 Å². The minimum absolute atomic E-state index is 0.371. The summed E-state index contributed by atoms with van der Waals surface area (Å²) in [4.78, 5) is 11.9. The first kappa shape index (κ1) is 11.2. The minimum Gasteiger partial charge on any atom is -0.383 e. The number of nitrogens with two attached hydrogens (primary N) is 1. The van der Waals surface area contributed by atoms with Crippen molar-refractivity contribution in [1.29, 1.82) is 0 Å². The van der Waals surface area contributed by atoms with E-state index in [4.69, 9.17) is 10.5 Å². The number of hydrogen-bond acceptors (Lipinski definition) is 4. The number of primary amides is 1. The van der Waals surface area contributed by atoms with Gasteiger partial charge in [0, 0.05) is 30.5 Å². The number of thiophene rings is 1. The zero-order chi connectivity index (χ0) is 10.4. The third-order valence-corrected chi connectivity index (χ3v) is 2.66. The third kappa shape index (κ3) is 3.45. The highest BCUT2D eigenvalue weighted by atomic mass is 32.1. The molecule has 1 heterocycles. The number of rotatable bonds is 6. The van der Waals surface area contributed by atoms with Gasteiger partial charge in [-0.1, -0.05) is 0 Å². The van der Waals surface area contributed by atoms with E-state index in [9.17, 15) is 4.79 Å². The first-order valence-corrected chi connectivity index (χ1v) is 5.19. The molecule has 1 amide bonds. The first-order chi connectivity index (χ1) is 6.74. The van der Waals surface area contributed by atoms with E-state index in [2.05, 4.69) is 5.32 Å². The molecule has 1 aromatic rings. The number of carbonyl (C=O) groups is 1. The molecular weight excluding hydrogens is 200 g/mol. The molecule has 0 saturated carbocycles. The molecule has 14 heavy (non-hydrogen) atoms. The SMILES string of the molecule is COCCNCc1cc(C(N)=O)cs1. The molecule has 0 atom stereocenters. The molecule has 0 aliphatic rings. The van der Waals surface area contributed by atoms with Crippen LogP contribution in [0, 0.1) is 0 Å². The van der Waals surface area contributed by atoms with E-state index in [-0.39, 0.29) is 5.91 Å². The average Bonchev–Trinajstić information content (AvgIpc) is 2.61. The van der Waals surface area contributed by atoms with Crippen molar-refractivity contribution in [2.24, 2.45) is 5.73 Å². The first-order valence-electron chi connectivity index (χ1n) is 4.31. The zero-order valence-corrected chi connectivity index (χ0v) is 8.89. The average molecular weight is 214 g/mol. The van der Waals surface area contributed by atoms with Crippen molar-refractivity contribution in [1.82, 2.24) is 5.32 Å². The summed E-state index contributed by atoms with van der Waals surface area (Å²) in [6, 6.07) is 1.81. The van der Waals surface area contributed by atoms with Crippen LogP contribution in [0.3, 0.4) is 0 Å². The summed E-state index contributed by atoms with van der Waals surface area (Å²) >= 11 is 1.53. The molecule has 0 bridgehead atoms. The van der Waals surface area contributed by atoms with E-state index >= 15 is 0 Å². The van der Waals surface area contributed by atoms with E-state index in [0.717, 1.165) is 18.0 Å². The summed E-state index contributed by atoms with van der Waals surface area (Å²) in [5.41, 5.74) is 5.71. The summed E-state index contributed by atoms with van der Waals surface area (Å²) in [7, 11) is 1.66. The molecule has 0 aliphatic carbocycles. The number of amides is 1. The summed E-state index contributed by atoms with van der Waals surface area (Å²) in [6.45, 7) is 2.25. The summed E-state index contributed by atoms with van der Waals surface area (Å²) < 4.78 is 4.89. The third-order valence-electron chi connectivity index (χ3n) is 1.72. The Labute approximate surface area is 87.1 Å². The summed E-state index contributed by atoms with van der Waals surface area (Å²) in [5.74, 6) is -0.371. The molecule has 1 aromatic heterocycles. The predicted molar refractivity (Wildman–Crippen MR) is 56.4 cm³/mol. The maximum Gasteiger partial charge on any atom is 0.249 e. The summed E-state index contributed by atoms with van der Waals surface area (Å²) in [5, 5.41) is 4.96. The molecule has 3 N–H and O–H groups in total. The van der Waals surface area contributed by atoms with Gasteiger partial charge in [0.05, 0.1) is 12.2 Å². The van der Waals surface area contributed by atoms with Gasteiger partial charge in [0.1, 0.15) is 0 Å². The van der Waals surface area contributed by atoms with Crippen molar-refractivity contribution >= 4 is 17.2 Å². The Balaban J connectivity index is 2.33. The van der Waals surface area contributed by atoms with E-state index in [0.29, 0.717) is 12.2 Å². The Morgan fingerprint density at radius 3 is 3.07 bits per heavy atom. The van der Waals surface area contributed by atoms with Crippen molar-refractivity contribution in [3.8, 4) is 0 Å². The second-order valence-electron chi connectivity index (χ2n) is 2.84. The van der Waals surface area contributed by atoms with Gasteiger partial charge < -0.3 is 15.8 Å². The smallest absolute Gasteiger partial charge is 0.249 e. The molecule has 0 aromatic carbocycles. The molecule has 0 saturated heterocycles. The molecule has 5 heteroatoms. The van der Waals surface area contributed by atoms with Gasteiger partial charge in [-0.2, -0.15) is 0 Å². The minimum atomic E-state index is -0.371. The van der Waals surface area contributed by atoms with Crippen LogP contribution in [0.15, 0.2) is 11.4 Å². The molecule has 78 valence electrons. The molecule has 0 fully saturated rings. The number of carbonyl (C=O) groups excluding carboxylic acids is 1. The van der Waals surface area contributed by atoms with Crippen LogP contribution in [-0.4, -0.2) is 26.2 Å². The Hall–Kier alpha value is -0.910. The number of ether oxygens (including phenoxy) is 1. The van der Waals surface area contributed by atoms with Crippen LogP contribution >= 0.6 is 11.3 Å². The van der Waals surface area contributed by atoms with E-state index in [1.807, 2.05) is 6.07 Å². The van der Waals surface area contributed by atoms with Crippen LogP contribution < -0.4 is 11.1 Å². The topological polar surface area (TPSA) is 64.3 Å². The normalized spacial score (nSPS) is 10.4. The van der Waals surface area contributed by atoms with Gasteiger partial charge >= 0.3 is 0 Å². The number of methoxy groups -OCH3 is 1. The maximum absolute atomic E-state index is 10.8. The van der Waals surface area contributed by atoms with Crippen LogP contribution in [0.2, 0.25) is 0 Å². The van der Waals surface area contributed by atoms with Gasteiger partial charge in [-0.25, -0.2) is 0 Å². The molecule has 0 radical (unpaired) electrons. The molecule has 4 nitrogen and oxygen atoms in total. The summed E-state index contributed by atoms with van der Waals surface area (Å²) in [6.07, 6.45) is 0. The van der Waals surface area contributed by atoms with Crippen LogP contribution in [0.1, 0.15) is 15.2 Å². The Morgan fingerprint density at radius 2 is 2.50 bits per heavy atom.